The van der Waals surface area contributed by atoms with Gasteiger partial charge in [-0.15, -0.1) is 9.45 Å². The molecule has 1 aromatic carbocycles. The lowest BCUT2D eigenvalue weighted by Gasteiger charge is -2.18. The van der Waals surface area contributed by atoms with E-state index in [1.54, 1.807) is 38.1 Å². The predicted octanol–water partition coefficient (Wildman–Crippen LogP) is 7.88. The Kier molecular flexibility index (Phi) is 18.3. The zero-order chi connectivity index (χ0) is 31.3. The Balaban J connectivity index is 2.46. The van der Waals surface area contributed by atoms with Gasteiger partial charge in [0.15, 0.2) is 5.54 Å². The van der Waals surface area contributed by atoms with Crippen LogP contribution in [0.15, 0.2) is 39.4 Å². The number of rotatable bonds is 22. The minimum absolute atomic E-state index is 0.0125. The number of benzene rings is 1. The normalized spacial score (nSPS) is 14.7. The van der Waals surface area contributed by atoms with E-state index >= 15 is 0 Å². The van der Waals surface area contributed by atoms with Crippen LogP contribution in [0.2, 0.25) is 0 Å². The molecule has 3 atom stereocenters. The van der Waals surface area contributed by atoms with Crippen LogP contribution in [0, 0.1) is 23.8 Å². The van der Waals surface area contributed by atoms with Crippen LogP contribution >= 0.6 is 12.0 Å². The fourth-order valence-electron chi connectivity index (χ4n) is 3.98. The molecule has 3 unspecified atom stereocenters. The molecular weight excluding hydrogens is 556 g/mol. The van der Waals surface area contributed by atoms with Crippen LogP contribution < -0.4 is 10.6 Å². The third kappa shape index (κ3) is 16.4. The molecule has 0 heterocycles. The summed E-state index contributed by atoms with van der Waals surface area (Å²) in [5, 5.41) is 35.5. The highest BCUT2D eigenvalue weighted by atomic mass is 32.2. The number of amides is 2. The standard InChI is InChI=1S/C30H46N6O5S/c1-6-7-8-9-10-11-12-13-24(2)22-33-27(37)18-20-29(3,23-31)35-36-30(4,32-5)21-19-28(38)34-25-14-16-26(17-15-25)42-41-40-39/h14-17,24,39H,6-13,18-22H2,1-4H3,(H,33,37)(H,34,38). The molecule has 0 aliphatic heterocycles. The summed E-state index contributed by atoms with van der Waals surface area (Å²) in [6, 6.07) is 8.74. The van der Waals surface area contributed by atoms with E-state index in [-0.39, 0.29) is 37.5 Å². The van der Waals surface area contributed by atoms with E-state index < -0.39 is 11.2 Å². The smallest absolute Gasteiger partial charge is 0.338 e. The van der Waals surface area contributed by atoms with Gasteiger partial charge in [0.25, 0.3) is 0 Å². The number of hydrogen-bond donors (Lipinski definition) is 3. The van der Waals surface area contributed by atoms with Gasteiger partial charge in [0, 0.05) is 36.9 Å². The van der Waals surface area contributed by atoms with Crippen LogP contribution in [0.4, 0.5) is 5.69 Å². The lowest BCUT2D eigenvalue weighted by Crippen LogP contribution is -2.31. The summed E-state index contributed by atoms with van der Waals surface area (Å²) in [4.78, 5) is 29.0. The van der Waals surface area contributed by atoms with Crippen molar-refractivity contribution in [1.82, 2.24) is 5.32 Å². The van der Waals surface area contributed by atoms with E-state index in [1.165, 1.54) is 44.9 Å². The third-order valence-corrected chi connectivity index (χ3v) is 7.47. The molecule has 3 N–H and O–H groups in total. The predicted molar refractivity (Wildman–Crippen MR) is 163 cm³/mol. The Labute approximate surface area is 254 Å². The first kappa shape index (κ1) is 37.0. The minimum atomic E-state index is -1.33. The van der Waals surface area contributed by atoms with Crippen LogP contribution in [0.25, 0.3) is 4.85 Å². The molecular formula is C30H46N6O5S. The Morgan fingerprint density at radius 1 is 1.07 bits per heavy atom. The van der Waals surface area contributed by atoms with Crippen LogP contribution in [-0.4, -0.2) is 34.8 Å². The van der Waals surface area contributed by atoms with Crippen LogP contribution in [0.5, 0.6) is 0 Å². The number of nitrogens with one attached hydrogen (secondary N) is 2. The largest absolute Gasteiger partial charge is 0.356 e. The Morgan fingerprint density at radius 2 is 1.71 bits per heavy atom. The summed E-state index contributed by atoms with van der Waals surface area (Å²) >= 11 is 0.801. The minimum Gasteiger partial charge on any atom is -0.356 e. The van der Waals surface area contributed by atoms with Gasteiger partial charge in [-0.3, -0.25) is 14.4 Å². The molecule has 0 bridgehead atoms. The molecule has 2 amide bonds. The van der Waals surface area contributed by atoms with Crippen molar-refractivity contribution in [3.05, 3.63) is 35.7 Å². The number of anilines is 1. The quantitative estimate of drug-likeness (QED) is 0.0305. The van der Waals surface area contributed by atoms with Crippen LogP contribution in [0.3, 0.4) is 0 Å². The van der Waals surface area contributed by atoms with Crippen molar-refractivity contribution >= 4 is 29.5 Å². The molecule has 0 aromatic heterocycles. The Morgan fingerprint density at radius 3 is 2.33 bits per heavy atom. The molecule has 11 nitrogen and oxygen atoms in total. The number of carbonyl (C=O) groups is 2. The number of hydrogen-bond acceptors (Lipinski definition) is 9. The fraction of sp³-hybridized carbons (Fsp3) is 0.667. The zero-order valence-electron chi connectivity index (χ0n) is 25.4. The molecule has 0 aliphatic carbocycles. The van der Waals surface area contributed by atoms with E-state index in [0.29, 0.717) is 23.0 Å². The van der Waals surface area contributed by atoms with Gasteiger partial charge in [-0.05, 0) is 49.9 Å². The second kappa shape index (κ2) is 20.8. The van der Waals surface area contributed by atoms with E-state index in [2.05, 4.69) is 55.0 Å². The lowest BCUT2D eigenvalue weighted by atomic mass is 9.98. The molecule has 0 aliphatic rings. The van der Waals surface area contributed by atoms with E-state index in [4.69, 9.17) is 11.8 Å². The highest BCUT2D eigenvalue weighted by molar-refractivity contribution is 7.94. The lowest BCUT2D eigenvalue weighted by molar-refractivity contribution is -0.432. The molecule has 0 saturated heterocycles. The van der Waals surface area contributed by atoms with Gasteiger partial charge in [-0.2, -0.15) is 10.4 Å². The second-order valence-electron chi connectivity index (χ2n) is 11.0. The van der Waals surface area contributed by atoms with Crippen LogP contribution in [-0.2, 0) is 19.0 Å². The second-order valence-corrected chi connectivity index (χ2v) is 11.8. The van der Waals surface area contributed by atoms with Crippen molar-refractivity contribution in [1.29, 1.82) is 5.26 Å². The van der Waals surface area contributed by atoms with E-state index in [9.17, 15) is 14.9 Å². The zero-order valence-corrected chi connectivity index (χ0v) is 26.2. The molecule has 0 saturated carbocycles. The average molecular weight is 603 g/mol. The van der Waals surface area contributed by atoms with E-state index in [1.807, 2.05) is 0 Å². The Bertz CT molecular complexity index is 1060. The van der Waals surface area contributed by atoms with Crippen molar-refractivity contribution in [2.24, 2.45) is 16.1 Å². The van der Waals surface area contributed by atoms with Crippen molar-refractivity contribution in [2.45, 2.75) is 121 Å². The van der Waals surface area contributed by atoms with Gasteiger partial charge >= 0.3 is 5.66 Å². The number of carbonyl (C=O) groups excluding carboxylic acids is 2. The Hall–Kier alpha value is -3.03. The number of unbranched alkanes of at least 4 members (excludes halogenated alkanes) is 6. The molecule has 1 aromatic rings. The van der Waals surface area contributed by atoms with Gasteiger partial charge in [-0.25, -0.2) is 11.8 Å². The first-order chi connectivity index (χ1) is 20.1. The topological polar surface area (TPSA) is 150 Å². The third-order valence-electron chi connectivity index (χ3n) is 6.88. The summed E-state index contributed by atoms with van der Waals surface area (Å²) in [5.41, 5.74) is -2.05. The molecule has 42 heavy (non-hydrogen) atoms. The van der Waals surface area contributed by atoms with Crippen molar-refractivity contribution in [3.63, 3.8) is 0 Å². The highest BCUT2D eigenvalue weighted by Gasteiger charge is 2.33. The van der Waals surface area contributed by atoms with Gasteiger partial charge in [-0.1, -0.05) is 63.8 Å². The highest BCUT2D eigenvalue weighted by Crippen LogP contribution is 2.26. The van der Waals surface area contributed by atoms with Gasteiger partial charge < -0.3 is 10.6 Å². The first-order valence-corrected chi connectivity index (χ1v) is 15.4. The summed E-state index contributed by atoms with van der Waals surface area (Å²) in [7, 11) is 0. The maximum Gasteiger partial charge on any atom is 0.338 e. The van der Waals surface area contributed by atoms with Crippen molar-refractivity contribution in [2.75, 3.05) is 11.9 Å². The number of azo groups is 1. The van der Waals surface area contributed by atoms with Crippen LogP contribution in [0.1, 0.15) is 105 Å². The SMILES string of the molecule is [C-]#[N+]C(C)(CCC(=O)Nc1ccc(SOOO)cc1)N=NC(C)(C#N)CCC(=O)NCC(C)CCCCCCCCC. The maximum absolute atomic E-state index is 12.4. The summed E-state index contributed by atoms with van der Waals surface area (Å²) in [6.45, 7) is 15.7. The van der Waals surface area contributed by atoms with E-state index in [0.717, 1.165) is 18.5 Å². The molecule has 232 valence electrons. The summed E-state index contributed by atoms with van der Waals surface area (Å²) in [5.74, 6) is -0.0527. The van der Waals surface area contributed by atoms with Gasteiger partial charge in [0.1, 0.15) is 0 Å². The molecule has 0 spiro atoms. The fourth-order valence-corrected chi connectivity index (χ4v) is 4.34. The maximum atomic E-state index is 12.4. The average Bonchev–Trinajstić information content (AvgIpc) is 3.00. The monoisotopic (exact) mass is 602 g/mol. The molecule has 0 fully saturated rings. The summed E-state index contributed by atoms with van der Waals surface area (Å²) in [6.07, 6.45) is 10.3. The van der Waals surface area contributed by atoms with Gasteiger partial charge in [0.2, 0.25) is 11.8 Å². The van der Waals surface area contributed by atoms with Gasteiger partial charge in [0.05, 0.1) is 24.5 Å². The number of nitrogens with zero attached hydrogens (tertiary/aromatic N) is 4. The molecule has 0 radical (unpaired) electrons. The van der Waals surface area contributed by atoms with Crippen molar-refractivity contribution in [3.8, 4) is 6.07 Å². The first-order valence-electron chi connectivity index (χ1n) is 14.6. The number of nitriles is 1. The molecule has 12 heteroatoms. The van der Waals surface area contributed by atoms with Crippen molar-refractivity contribution < 1.29 is 24.2 Å². The molecule has 1 rings (SSSR count). The summed E-state index contributed by atoms with van der Waals surface area (Å²) < 4.78 is 4.35.